The molecule has 1 atom stereocenters. The highest BCUT2D eigenvalue weighted by Gasteiger charge is 2.20. The molecule has 1 aliphatic heterocycles. The lowest BCUT2D eigenvalue weighted by Gasteiger charge is -2.29. The second-order valence-electron chi connectivity index (χ2n) is 4.09. The van der Waals surface area contributed by atoms with Crippen LogP contribution in [0.15, 0.2) is 0 Å². The van der Waals surface area contributed by atoms with Crippen LogP contribution < -0.4 is 0 Å². The fourth-order valence-corrected chi connectivity index (χ4v) is 2.04. The van der Waals surface area contributed by atoms with Crippen LogP contribution in [0, 0.1) is 0 Å². The zero-order valence-electron chi connectivity index (χ0n) is 9.66. The van der Waals surface area contributed by atoms with E-state index < -0.39 is 0 Å². The Kier molecular flexibility index (Phi) is 5.45. The Hall–Kier alpha value is -0.120. The zero-order valence-corrected chi connectivity index (χ0v) is 9.66. The lowest BCUT2D eigenvalue weighted by atomic mass is 10.1. The number of methoxy groups -OCH3 is 2. The van der Waals surface area contributed by atoms with E-state index in [1.165, 1.54) is 32.2 Å². The maximum atomic E-state index is 5.23. The van der Waals surface area contributed by atoms with Gasteiger partial charge in [-0.15, -0.1) is 0 Å². The van der Waals surface area contributed by atoms with Crippen molar-refractivity contribution in [3.63, 3.8) is 0 Å². The quantitative estimate of drug-likeness (QED) is 0.648. The van der Waals surface area contributed by atoms with Crippen molar-refractivity contribution in [2.24, 2.45) is 0 Å². The van der Waals surface area contributed by atoms with Gasteiger partial charge >= 0.3 is 0 Å². The first-order valence-corrected chi connectivity index (χ1v) is 5.57. The molecular weight excluding hydrogens is 178 g/mol. The van der Waals surface area contributed by atoms with Crippen molar-refractivity contribution in [2.45, 2.75) is 44.9 Å². The van der Waals surface area contributed by atoms with Crippen LogP contribution in [0.3, 0.4) is 0 Å². The van der Waals surface area contributed by atoms with Gasteiger partial charge in [0.05, 0.1) is 0 Å². The maximum Gasteiger partial charge on any atom is 0.169 e. The van der Waals surface area contributed by atoms with Crippen LogP contribution in [0.2, 0.25) is 0 Å². The molecule has 0 amide bonds. The van der Waals surface area contributed by atoms with Gasteiger partial charge in [0.25, 0.3) is 0 Å². The first-order valence-electron chi connectivity index (χ1n) is 5.57. The monoisotopic (exact) mass is 201 g/mol. The van der Waals surface area contributed by atoms with Gasteiger partial charge in [-0.2, -0.15) is 0 Å². The van der Waals surface area contributed by atoms with E-state index in [1.807, 2.05) is 0 Å². The SMILES string of the molecule is COC(CN1CCCCCC1C)OC. The molecule has 0 N–H and O–H groups in total. The molecule has 0 radical (unpaired) electrons. The molecule has 1 fully saturated rings. The van der Waals surface area contributed by atoms with Gasteiger partial charge < -0.3 is 9.47 Å². The number of ether oxygens (including phenoxy) is 2. The number of hydrogen-bond acceptors (Lipinski definition) is 3. The molecule has 84 valence electrons. The molecule has 0 aliphatic carbocycles. The molecule has 0 aromatic heterocycles. The van der Waals surface area contributed by atoms with Crippen LogP contribution >= 0.6 is 0 Å². The van der Waals surface area contributed by atoms with E-state index in [1.54, 1.807) is 14.2 Å². The Balaban J connectivity index is 2.39. The third-order valence-corrected chi connectivity index (χ3v) is 3.10. The summed E-state index contributed by atoms with van der Waals surface area (Å²) in [5.74, 6) is 0. The van der Waals surface area contributed by atoms with Crippen LogP contribution in [0.25, 0.3) is 0 Å². The lowest BCUT2D eigenvalue weighted by Crippen LogP contribution is -2.40. The Bertz CT molecular complexity index is 148. The van der Waals surface area contributed by atoms with Gasteiger partial charge in [0.15, 0.2) is 6.29 Å². The normalized spacial score (nSPS) is 25.3. The van der Waals surface area contributed by atoms with Gasteiger partial charge in [-0.3, -0.25) is 4.90 Å². The molecule has 1 saturated heterocycles. The van der Waals surface area contributed by atoms with Crippen LogP contribution in [0.5, 0.6) is 0 Å². The topological polar surface area (TPSA) is 21.7 Å². The van der Waals surface area contributed by atoms with Crippen LogP contribution in [0.1, 0.15) is 32.6 Å². The molecule has 1 rings (SSSR count). The van der Waals surface area contributed by atoms with Crippen molar-refractivity contribution in [3.05, 3.63) is 0 Å². The Morgan fingerprint density at radius 2 is 1.93 bits per heavy atom. The molecule has 0 bridgehead atoms. The molecule has 1 heterocycles. The van der Waals surface area contributed by atoms with Crippen molar-refractivity contribution >= 4 is 0 Å². The zero-order chi connectivity index (χ0) is 10.4. The highest BCUT2D eigenvalue weighted by atomic mass is 16.7. The predicted octanol–water partition coefficient (Wildman–Crippen LogP) is 1.87. The minimum atomic E-state index is -0.0736. The highest BCUT2D eigenvalue weighted by molar-refractivity contribution is 4.72. The summed E-state index contributed by atoms with van der Waals surface area (Å²) >= 11 is 0. The van der Waals surface area contributed by atoms with Gasteiger partial charge in [0, 0.05) is 26.8 Å². The molecule has 0 aromatic carbocycles. The van der Waals surface area contributed by atoms with E-state index in [0.29, 0.717) is 6.04 Å². The first kappa shape index (κ1) is 12.0. The number of hydrogen-bond donors (Lipinski definition) is 0. The van der Waals surface area contributed by atoms with Gasteiger partial charge in [0.2, 0.25) is 0 Å². The van der Waals surface area contributed by atoms with Gasteiger partial charge in [-0.25, -0.2) is 0 Å². The Labute approximate surface area is 87.4 Å². The smallest absolute Gasteiger partial charge is 0.169 e. The van der Waals surface area contributed by atoms with Crippen molar-refractivity contribution in [2.75, 3.05) is 27.3 Å². The van der Waals surface area contributed by atoms with E-state index in [9.17, 15) is 0 Å². The number of likely N-dealkylation sites (tertiary alicyclic amines) is 1. The first-order chi connectivity index (χ1) is 6.77. The Morgan fingerprint density at radius 1 is 1.21 bits per heavy atom. The molecule has 0 aromatic rings. The molecule has 0 spiro atoms. The fraction of sp³-hybridized carbons (Fsp3) is 1.00. The van der Waals surface area contributed by atoms with Crippen molar-refractivity contribution in [3.8, 4) is 0 Å². The van der Waals surface area contributed by atoms with E-state index in [4.69, 9.17) is 9.47 Å². The summed E-state index contributed by atoms with van der Waals surface area (Å²) in [6.07, 6.45) is 5.27. The average Bonchev–Trinajstić information content (AvgIpc) is 2.40. The fourth-order valence-electron chi connectivity index (χ4n) is 2.04. The average molecular weight is 201 g/mol. The molecule has 1 aliphatic rings. The third-order valence-electron chi connectivity index (χ3n) is 3.10. The van der Waals surface area contributed by atoms with E-state index >= 15 is 0 Å². The molecule has 3 heteroatoms. The summed E-state index contributed by atoms with van der Waals surface area (Å²) in [5.41, 5.74) is 0. The summed E-state index contributed by atoms with van der Waals surface area (Å²) in [5, 5.41) is 0. The van der Waals surface area contributed by atoms with Crippen LogP contribution in [0.4, 0.5) is 0 Å². The Morgan fingerprint density at radius 3 is 2.57 bits per heavy atom. The standard InChI is InChI=1S/C11H23NO2/c1-10-7-5-4-6-8-12(10)9-11(13-2)14-3/h10-11H,4-9H2,1-3H3. The maximum absolute atomic E-state index is 5.23. The minimum absolute atomic E-state index is 0.0736. The molecule has 14 heavy (non-hydrogen) atoms. The number of nitrogens with zero attached hydrogens (tertiary/aromatic N) is 1. The van der Waals surface area contributed by atoms with Crippen LogP contribution in [-0.2, 0) is 9.47 Å². The van der Waals surface area contributed by atoms with Crippen LogP contribution in [-0.4, -0.2) is 44.5 Å². The summed E-state index contributed by atoms with van der Waals surface area (Å²) in [4.78, 5) is 2.48. The summed E-state index contributed by atoms with van der Waals surface area (Å²) in [6.45, 7) is 4.38. The lowest BCUT2D eigenvalue weighted by molar-refractivity contribution is -0.119. The van der Waals surface area contributed by atoms with Gasteiger partial charge in [0.1, 0.15) is 0 Å². The van der Waals surface area contributed by atoms with Crippen molar-refractivity contribution < 1.29 is 9.47 Å². The van der Waals surface area contributed by atoms with E-state index in [2.05, 4.69) is 11.8 Å². The summed E-state index contributed by atoms with van der Waals surface area (Å²) < 4.78 is 10.5. The van der Waals surface area contributed by atoms with E-state index in [-0.39, 0.29) is 6.29 Å². The minimum Gasteiger partial charge on any atom is -0.355 e. The third kappa shape index (κ3) is 3.56. The van der Waals surface area contributed by atoms with Crippen molar-refractivity contribution in [1.82, 2.24) is 4.90 Å². The summed E-state index contributed by atoms with van der Waals surface area (Å²) in [6, 6.07) is 0.672. The molecule has 1 unspecified atom stereocenters. The van der Waals surface area contributed by atoms with E-state index in [0.717, 1.165) is 6.54 Å². The number of rotatable bonds is 4. The highest BCUT2D eigenvalue weighted by Crippen LogP contribution is 2.16. The molecular formula is C11H23NO2. The predicted molar refractivity (Wildman–Crippen MR) is 57.3 cm³/mol. The second-order valence-corrected chi connectivity index (χ2v) is 4.09. The van der Waals surface area contributed by atoms with Gasteiger partial charge in [-0.05, 0) is 26.3 Å². The largest absolute Gasteiger partial charge is 0.355 e. The molecule has 3 nitrogen and oxygen atoms in total. The second kappa shape index (κ2) is 6.38. The summed E-state index contributed by atoms with van der Waals surface area (Å²) in [7, 11) is 3.41. The molecule has 0 saturated carbocycles. The van der Waals surface area contributed by atoms with Crippen molar-refractivity contribution in [1.29, 1.82) is 0 Å². The van der Waals surface area contributed by atoms with Gasteiger partial charge in [-0.1, -0.05) is 12.8 Å².